The summed E-state index contributed by atoms with van der Waals surface area (Å²) in [6.45, 7) is 0. The van der Waals surface area contributed by atoms with Gasteiger partial charge in [0.25, 0.3) is 0 Å². The lowest BCUT2D eigenvalue weighted by Crippen LogP contribution is -2.36. The minimum absolute atomic E-state index is 0.769. The highest BCUT2D eigenvalue weighted by molar-refractivity contribution is 5.54. The van der Waals surface area contributed by atoms with Gasteiger partial charge in [-0.15, -0.1) is 0 Å². The van der Waals surface area contributed by atoms with E-state index in [1.54, 1.807) is 0 Å². The maximum absolute atomic E-state index is 5.21. The average molecular weight is 84.1 g/mol. The van der Waals surface area contributed by atoms with Crippen LogP contribution in [0.2, 0.25) is 0 Å². The van der Waals surface area contributed by atoms with Gasteiger partial charge in [0.2, 0.25) is 0 Å². The minimum Gasteiger partial charge on any atom is -0.264 e. The smallest absolute Gasteiger partial charge is 0.139 e. The first kappa shape index (κ1) is 3.85. The lowest BCUT2D eigenvalue weighted by molar-refractivity contribution is -0.113. The first-order valence-electron chi connectivity index (χ1n) is 2.48. The Kier molecular flexibility index (Phi) is 0.906. The summed E-state index contributed by atoms with van der Waals surface area (Å²) in [5.41, 5.74) is 0. The van der Waals surface area contributed by atoms with Crippen LogP contribution < -0.4 is 5.41 Å². The Bertz CT molecular complexity index is 55.0. The summed E-state index contributed by atoms with van der Waals surface area (Å²) in [6, 6.07) is 0. The molecule has 0 amide bonds. The Labute approximate surface area is 37.9 Å². The molecule has 34 valence electrons. The van der Waals surface area contributed by atoms with Crippen molar-refractivity contribution in [3.8, 4) is 0 Å². The quantitative estimate of drug-likeness (QED) is 0.419. The number of hydrogen-bond acceptors (Lipinski definition) is 0. The molecule has 6 heavy (non-hydrogen) atoms. The van der Waals surface area contributed by atoms with Gasteiger partial charge in [0.15, 0.2) is 0 Å². The van der Waals surface area contributed by atoms with E-state index in [-0.39, 0.29) is 0 Å². The molecule has 0 bridgehead atoms. The van der Waals surface area contributed by atoms with Crippen LogP contribution in [0.4, 0.5) is 0 Å². The van der Waals surface area contributed by atoms with E-state index in [9.17, 15) is 0 Å². The van der Waals surface area contributed by atoms with E-state index in [4.69, 9.17) is 5.41 Å². The highest BCUT2D eigenvalue weighted by Crippen LogP contribution is 2.22. The van der Waals surface area contributed by atoms with Crippen LogP contribution in [0.15, 0.2) is 0 Å². The topological polar surface area (TPSA) is 25.6 Å². The van der Waals surface area contributed by atoms with E-state index in [0.717, 1.165) is 5.92 Å². The molecule has 1 rings (SSSR count). The van der Waals surface area contributed by atoms with Crippen molar-refractivity contribution in [2.45, 2.75) is 19.3 Å². The van der Waals surface area contributed by atoms with E-state index in [2.05, 4.69) is 0 Å². The minimum atomic E-state index is 0.769. The summed E-state index contributed by atoms with van der Waals surface area (Å²) in [6.07, 6.45) is 5.86. The fourth-order valence-corrected chi connectivity index (χ4v) is 0.632. The lowest BCUT2D eigenvalue weighted by atomic mass is 9.87. The molecule has 1 fully saturated rings. The molecule has 0 aromatic carbocycles. The van der Waals surface area contributed by atoms with Crippen LogP contribution in [0.1, 0.15) is 19.3 Å². The van der Waals surface area contributed by atoms with Crippen molar-refractivity contribution in [2.24, 2.45) is 5.92 Å². The van der Waals surface area contributed by atoms with E-state index < -0.39 is 0 Å². The molecule has 0 aromatic rings. The molecule has 1 nitrogen and oxygen atoms in total. The third-order valence-electron chi connectivity index (χ3n) is 1.42. The molecule has 0 heterocycles. The second-order valence-corrected chi connectivity index (χ2v) is 1.88. The molecular formula is C5H10N+. The normalized spacial score (nSPS) is 22.7. The highest BCUT2D eigenvalue weighted by Gasteiger charge is 2.15. The Morgan fingerprint density at radius 3 is 2.17 bits per heavy atom. The second-order valence-electron chi connectivity index (χ2n) is 1.88. The molecule has 0 saturated heterocycles. The van der Waals surface area contributed by atoms with Gasteiger partial charge >= 0.3 is 0 Å². The van der Waals surface area contributed by atoms with Gasteiger partial charge in [-0.1, -0.05) is 6.42 Å². The maximum Gasteiger partial charge on any atom is 0.139 e. The zero-order valence-electron chi connectivity index (χ0n) is 3.85. The second kappa shape index (κ2) is 1.41. The van der Waals surface area contributed by atoms with E-state index in [0.29, 0.717) is 0 Å². The largest absolute Gasteiger partial charge is 0.264 e. The van der Waals surface area contributed by atoms with Gasteiger partial charge in [-0.05, 0) is 12.8 Å². The third-order valence-corrected chi connectivity index (χ3v) is 1.42. The maximum atomic E-state index is 5.21. The van der Waals surface area contributed by atoms with E-state index in [1.807, 2.05) is 6.21 Å². The van der Waals surface area contributed by atoms with Gasteiger partial charge in [0, 0.05) is 5.92 Å². The molecule has 1 aliphatic rings. The Morgan fingerprint density at radius 1 is 1.50 bits per heavy atom. The van der Waals surface area contributed by atoms with Gasteiger partial charge in [-0.3, -0.25) is 5.41 Å². The highest BCUT2D eigenvalue weighted by atomic mass is 14.4. The SMILES string of the molecule is [NH2+]=CC1CCC1. The zero-order valence-corrected chi connectivity index (χ0v) is 3.85. The summed E-state index contributed by atoms with van der Waals surface area (Å²) < 4.78 is 0. The Balaban J connectivity index is 2.16. The monoisotopic (exact) mass is 84.1 g/mol. The number of hydrogen-bond donors (Lipinski definition) is 1. The number of rotatable bonds is 1. The van der Waals surface area contributed by atoms with Crippen LogP contribution in [0.5, 0.6) is 0 Å². The van der Waals surface area contributed by atoms with Crippen molar-refractivity contribution in [1.29, 1.82) is 0 Å². The Hall–Kier alpha value is -0.330. The van der Waals surface area contributed by atoms with Crippen LogP contribution in [-0.2, 0) is 0 Å². The summed E-state index contributed by atoms with van der Waals surface area (Å²) in [4.78, 5) is 0. The zero-order chi connectivity index (χ0) is 4.41. The van der Waals surface area contributed by atoms with Crippen molar-refractivity contribution in [3.05, 3.63) is 0 Å². The molecule has 0 aromatic heterocycles. The fourth-order valence-electron chi connectivity index (χ4n) is 0.632. The van der Waals surface area contributed by atoms with Crippen LogP contribution in [0, 0.1) is 5.92 Å². The summed E-state index contributed by atoms with van der Waals surface area (Å²) in [5, 5.41) is 5.21. The summed E-state index contributed by atoms with van der Waals surface area (Å²) >= 11 is 0. The first-order valence-corrected chi connectivity index (χ1v) is 2.48. The standard InChI is InChI=1S/C5H9N/c6-4-5-2-1-3-5/h4-6H,1-3H2/p+1. The van der Waals surface area contributed by atoms with Crippen molar-refractivity contribution >= 4 is 6.21 Å². The first-order chi connectivity index (χ1) is 2.93. The predicted molar refractivity (Wildman–Crippen MR) is 25.3 cm³/mol. The van der Waals surface area contributed by atoms with Crippen LogP contribution in [0.25, 0.3) is 0 Å². The van der Waals surface area contributed by atoms with E-state index >= 15 is 0 Å². The predicted octanol–water partition coefficient (Wildman–Crippen LogP) is -0.384. The van der Waals surface area contributed by atoms with Crippen LogP contribution in [-0.4, -0.2) is 6.21 Å². The van der Waals surface area contributed by atoms with Crippen molar-refractivity contribution in [3.63, 3.8) is 0 Å². The molecule has 0 aliphatic heterocycles. The molecule has 0 spiro atoms. The summed E-state index contributed by atoms with van der Waals surface area (Å²) in [7, 11) is 0. The van der Waals surface area contributed by atoms with Gasteiger partial charge in [0.05, 0.1) is 0 Å². The van der Waals surface area contributed by atoms with Crippen molar-refractivity contribution in [1.82, 2.24) is 0 Å². The summed E-state index contributed by atoms with van der Waals surface area (Å²) in [5.74, 6) is 0.769. The van der Waals surface area contributed by atoms with Gasteiger partial charge < -0.3 is 0 Å². The van der Waals surface area contributed by atoms with Crippen molar-refractivity contribution in [2.75, 3.05) is 0 Å². The van der Waals surface area contributed by atoms with E-state index in [1.165, 1.54) is 19.3 Å². The number of nitrogens with two attached hydrogens (primary N) is 1. The van der Waals surface area contributed by atoms with Crippen LogP contribution >= 0.6 is 0 Å². The van der Waals surface area contributed by atoms with Crippen LogP contribution in [0.3, 0.4) is 0 Å². The molecule has 1 aliphatic carbocycles. The molecule has 0 unspecified atom stereocenters. The molecule has 2 N–H and O–H groups in total. The molecule has 0 radical (unpaired) electrons. The third kappa shape index (κ3) is 0.445. The molecule has 1 heteroatoms. The molecule has 0 atom stereocenters. The average Bonchev–Trinajstić information content (AvgIpc) is 1.31. The Morgan fingerprint density at radius 2 is 2.17 bits per heavy atom. The lowest BCUT2D eigenvalue weighted by Gasteiger charge is -2.16. The van der Waals surface area contributed by atoms with Gasteiger partial charge in [-0.2, -0.15) is 0 Å². The van der Waals surface area contributed by atoms with Gasteiger partial charge in [-0.25, -0.2) is 0 Å². The molecule has 1 saturated carbocycles. The van der Waals surface area contributed by atoms with Gasteiger partial charge in [0.1, 0.15) is 6.21 Å². The fraction of sp³-hybridized carbons (Fsp3) is 0.800. The van der Waals surface area contributed by atoms with Crippen molar-refractivity contribution < 1.29 is 5.41 Å². The molecular weight excluding hydrogens is 74.1 g/mol.